The number of nitriles is 1. The van der Waals surface area contributed by atoms with Crippen molar-refractivity contribution in [2.75, 3.05) is 13.2 Å². The number of aliphatic hydroxyl groups excluding tert-OH is 1. The number of hydrogen-bond donors (Lipinski definition) is 2. The molecule has 2 N–H and O–H groups in total. The summed E-state index contributed by atoms with van der Waals surface area (Å²) in [6.45, 7) is 2.52. The Hall–Kier alpha value is -2.03. The summed E-state index contributed by atoms with van der Waals surface area (Å²) in [5.74, 6) is -0.759. The van der Waals surface area contributed by atoms with Gasteiger partial charge < -0.3 is 15.2 Å². The highest BCUT2D eigenvalue weighted by Crippen LogP contribution is 2.08. The number of ether oxygens (including phenoxy) is 1. The van der Waals surface area contributed by atoms with Crippen molar-refractivity contribution in [1.29, 1.82) is 5.26 Å². The van der Waals surface area contributed by atoms with Crippen LogP contribution in [0.1, 0.15) is 32.6 Å². The van der Waals surface area contributed by atoms with Crippen LogP contribution in [0.5, 0.6) is 0 Å². The third kappa shape index (κ3) is 4.09. The zero-order chi connectivity index (χ0) is 13.4. The Morgan fingerprint density at radius 1 is 1.56 bits per heavy atom. The molecule has 0 unspecified atom stereocenters. The van der Waals surface area contributed by atoms with Crippen LogP contribution in [0.25, 0.3) is 0 Å². The Morgan fingerprint density at radius 3 is 3.00 bits per heavy atom. The van der Waals surface area contributed by atoms with E-state index in [1.54, 1.807) is 13.0 Å². The molecule has 0 atom stereocenters. The lowest BCUT2D eigenvalue weighted by molar-refractivity contribution is -0.116. The molecule has 0 saturated carbocycles. The third-order valence-electron chi connectivity index (χ3n) is 2.47. The van der Waals surface area contributed by atoms with E-state index in [2.05, 4.69) is 10.3 Å². The van der Waals surface area contributed by atoms with E-state index in [9.17, 15) is 9.90 Å². The van der Waals surface area contributed by atoms with E-state index in [1.807, 2.05) is 0 Å². The molecule has 0 fully saturated rings. The number of aliphatic imine (C=N–C) groups is 1. The molecule has 98 valence electrons. The molecule has 1 aliphatic heterocycles. The van der Waals surface area contributed by atoms with Gasteiger partial charge in [0.2, 0.25) is 0 Å². The number of amidine groups is 1. The minimum atomic E-state index is -0.677. The van der Waals surface area contributed by atoms with Gasteiger partial charge in [-0.05, 0) is 19.8 Å². The summed E-state index contributed by atoms with van der Waals surface area (Å²) in [5.41, 5.74) is -0.427. The summed E-state index contributed by atoms with van der Waals surface area (Å²) in [4.78, 5) is 16.0. The van der Waals surface area contributed by atoms with Crippen molar-refractivity contribution in [1.82, 2.24) is 5.32 Å². The maximum absolute atomic E-state index is 11.8. The molecular formula is C12H17N3O3. The number of aliphatic hydroxyl groups is 1. The summed E-state index contributed by atoms with van der Waals surface area (Å²) in [6.07, 6.45) is 3.72. The molecule has 1 aliphatic rings. The highest BCUT2D eigenvalue weighted by Gasteiger charge is 2.18. The first kappa shape index (κ1) is 14.0. The first-order chi connectivity index (χ1) is 8.69. The van der Waals surface area contributed by atoms with Crippen molar-refractivity contribution in [3.05, 3.63) is 11.5 Å². The molecule has 0 aromatic heterocycles. The largest absolute Gasteiger partial charge is 0.480 e. The van der Waals surface area contributed by atoms with Crippen LogP contribution in [0.2, 0.25) is 0 Å². The van der Waals surface area contributed by atoms with E-state index in [0.29, 0.717) is 18.8 Å². The van der Waals surface area contributed by atoms with Gasteiger partial charge in [-0.3, -0.25) is 9.79 Å². The monoisotopic (exact) mass is 251 g/mol. The number of nitrogens with zero attached hydrogens (tertiary/aromatic N) is 2. The lowest BCUT2D eigenvalue weighted by Crippen LogP contribution is -2.32. The summed E-state index contributed by atoms with van der Waals surface area (Å²) < 4.78 is 4.74. The van der Waals surface area contributed by atoms with Gasteiger partial charge in [0.05, 0.1) is 6.61 Å². The maximum atomic E-state index is 11.8. The highest BCUT2D eigenvalue weighted by molar-refractivity contribution is 6.08. The Kier molecular flexibility index (Phi) is 5.71. The van der Waals surface area contributed by atoms with E-state index in [-0.39, 0.29) is 6.61 Å². The molecule has 0 aliphatic carbocycles. The zero-order valence-electron chi connectivity index (χ0n) is 10.4. The standard InChI is InChI=1S/C12H17N3O3/c1-2-18-12(17)9(8-13)11(16)15-10-6-4-3-5-7-14-10/h17H,2-7H2,1H3,(H,14,15,16)/b12-9-. The molecule has 1 amide bonds. The Bertz CT molecular complexity index is 407. The first-order valence-corrected chi connectivity index (χ1v) is 5.99. The molecule has 18 heavy (non-hydrogen) atoms. The fourth-order valence-corrected chi connectivity index (χ4v) is 1.57. The molecule has 0 radical (unpaired) electrons. The van der Waals surface area contributed by atoms with Gasteiger partial charge in [0, 0.05) is 13.0 Å². The van der Waals surface area contributed by atoms with Crippen LogP contribution in [0.15, 0.2) is 16.5 Å². The van der Waals surface area contributed by atoms with Crippen molar-refractivity contribution >= 4 is 11.7 Å². The maximum Gasteiger partial charge on any atom is 0.301 e. The number of carbonyl (C=O) groups excluding carboxylic acids is 1. The van der Waals surface area contributed by atoms with Crippen molar-refractivity contribution in [3.8, 4) is 6.07 Å². The smallest absolute Gasteiger partial charge is 0.301 e. The quantitative estimate of drug-likeness (QED) is 0.450. The van der Waals surface area contributed by atoms with Gasteiger partial charge in [0.1, 0.15) is 11.9 Å². The van der Waals surface area contributed by atoms with E-state index < -0.39 is 17.4 Å². The van der Waals surface area contributed by atoms with Crippen LogP contribution < -0.4 is 5.32 Å². The van der Waals surface area contributed by atoms with Gasteiger partial charge in [-0.2, -0.15) is 5.26 Å². The molecule has 0 aromatic rings. The predicted molar refractivity (Wildman–Crippen MR) is 65.8 cm³/mol. The highest BCUT2D eigenvalue weighted by atomic mass is 16.6. The number of carbonyl (C=O) groups is 1. The molecule has 0 aromatic carbocycles. The summed E-state index contributed by atoms with van der Waals surface area (Å²) in [6, 6.07) is 1.63. The molecule has 0 saturated heterocycles. The summed E-state index contributed by atoms with van der Waals surface area (Å²) in [7, 11) is 0. The van der Waals surface area contributed by atoms with Crippen LogP contribution in [-0.2, 0) is 9.53 Å². The number of amides is 1. The number of hydrogen-bond acceptors (Lipinski definition) is 5. The normalized spacial score (nSPS) is 16.8. The molecule has 6 nitrogen and oxygen atoms in total. The molecule has 1 rings (SSSR count). The number of nitrogens with one attached hydrogen (secondary N) is 1. The fraction of sp³-hybridized carbons (Fsp3) is 0.583. The molecule has 0 bridgehead atoms. The van der Waals surface area contributed by atoms with Gasteiger partial charge in [0.25, 0.3) is 5.91 Å². The molecular weight excluding hydrogens is 234 g/mol. The van der Waals surface area contributed by atoms with Gasteiger partial charge in [-0.15, -0.1) is 0 Å². The second kappa shape index (κ2) is 7.33. The Morgan fingerprint density at radius 2 is 2.33 bits per heavy atom. The lowest BCUT2D eigenvalue weighted by Gasteiger charge is -2.07. The fourth-order valence-electron chi connectivity index (χ4n) is 1.57. The topological polar surface area (TPSA) is 94.7 Å². The second-order valence-corrected chi connectivity index (χ2v) is 3.82. The van der Waals surface area contributed by atoms with Gasteiger partial charge in [-0.1, -0.05) is 6.42 Å². The average molecular weight is 251 g/mol. The SMILES string of the molecule is CCO/C(O)=C(/C#N)C(=O)NC1=NCCCCC1. The van der Waals surface area contributed by atoms with E-state index in [0.717, 1.165) is 19.3 Å². The second-order valence-electron chi connectivity index (χ2n) is 3.82. The van der Waals surface area contributed by atoms with Crippen molar-refractivity contribution in [2.45, 2.75) is 32.6 Å². The van der Waals surface area contributed by atoms with Crippen LogP contribution in [0.3, 0.4) is 0 Å². The van der Waals surface area contributed by atoms with E-state index in [4.69, 9.17) is 10.00 Å². The molecule has 0 spiro atoms. The van der Waals surface area contributed by atoms with Gasteiger partial charge in [0.15, 0.2) is 5.57 Å². The van der Waals surface area contributed by atoms with Crippen LogP contribution in [0, 0.1) is 11.3 Å². The molecule has 6 heteroatoms. The van der Waals surface area contributed by atoms with Crippen molar-refractivity contribution in [2.24, 2.45) is 4.99 Å². The predicted octanol–water partition coefficient (Wildman–Crippen LogP) is 1.40. The van der Waals surface area contributed by atoms with E-state index >= 15 is 0 Å². The Labute approximate surface area is 106 Å². The Balaban J connectivity index is 2.71. The van der Waals surface area contributed by atoms with Crippen LogP contribution >= 0.6 is 0 Å². The molecule has 1 heterocycles. The lowest BCUT2D eigenvalue weighted by atomic mass is 10.2. The summed E-state index contributed by atoms with van der Waals surface area (Å²) in [5, 5.41) is 20.8. The van der Waals surface area contributed by atoms with Crippen molar-refractivity contribution < 1.29 is 14.6 Å². The van der Waals surface area contributed by atoms with Gasteiger partial charge in [-0.25, -0.2) is 0 Å². The average Bonchev–Trinajstić information content (AvgIpc) is 2.59. The third-order valence-corrected chi connectivity index (χ3v) is 2.47. The van der Waals surface area contributed by atoms with Gasteiger partial charge >= 0.3 is 5.95 Å². The minimum absolute atomic E-state index is 0.186. The zero-order valence-corrected chi connectivity index (χ0v) is 10.4. The van der Waals surface area contributed by atoms with E-state index in [1.165, 1.54) is 0 Å². The van der Waals surface area contributed by atoms with Crippen LogP contribution in [-0.4, -0.2) is 30.0 Å². The van der Waals surface area contributed by atoms with Crippen LogP contribution in [0.4, 0.5) is 0 Å². The minimum Gasteiger partial charge on any atom is -0.480 e. The first-order valence-electron chi connectivity index (χ1n) is 5.99. The van der Waals surface area contributed by atoms with Crippen molar-refractivity contribution in [3.63, 3.8) is 0 Å². The summed E-state index contributed by atoms with van der Waals surface area (Å²) >= 11 is 0. The number of rotatable bonds is 3.